The second kappa shape index (κ2) is 3.73. The van der Waals surface area contributed by atoms with Crippen LogP contribution in [-0.4, -0.2) is 11.2 Å². The van der Waals surface area contributed by atoms with Crippen LogP contribution in [0.15, 0.2) is 23.8 Å². The average molecular weight is 218 g/mol. The maximum Gasteiger partial charge on any atom is 0.0572 e. The highest BCUT2D eigenvalue weighted by molar-refractivity contribution is 5.27. The van der Waals surface area contributed by atoms with Crippen molar-refractivity contribution in [2.45, 2.75) is 39.2 Å². The van der Waals surface area contributed by atoms with Crippen molar-refractivity contribution < 1.29 is 5.11 Å². The first kappa shape index (κ1) is 10.6. The van der Waals surface area contributed by atoms with E-state index in [1.54, 1.807) is 5.57 Å². The molecule has 3 aliphatic carbocycles. The Kier molecular flexibility index (Phi) is 2.47. The molecule has 1 N–H and O–H groups in total. The molecule has 0 aromatic rings. The average Bonchev–Trinajstić information content (AvgIpc) is 2.87. The molecule has 3 aliphatic rings. The van der Waals surface area contributed by atoms with Gasteiger partial charge in [0.25, 0.3) is 0 Å². The molecule has 0 aromatic heterocycles. The molecule has 0 aliphatic heterocycles. The van der Waals surface area contributed by atoms with Crippen molar-refractivity contribution in [2.24, 2.45) is 29.6 Å². The quantitative estimate of drug-likeness (QED) is 0.706. The third-order valence-electron chi connectivity index (χ3n) is 5.10. The predicted octanol–water partition coefficient (Wildman–Crippen LogP) is 3.16. The summed E-state index contributed by atoms with van der Waals surface area (Å²) in [4.78, 5) is 0. The Morgan fingerprint density at radius 3 is 3.00 bits per heavy atom. The van der Waals surface area contributed by atoms with Gasteiger partial charge in [0.2, 0.25) is 0 Å². The molecule has 0 saturated heterocycles. The van der Waals surface area contributed by atoms with Gasteiger partial charge in [-0.3, -0.25) is 0 Å². The van der Waals surface area contributed by atoms with Crippen LogP contribution in [-0.2, 0) is 0 Å². The summed E-state index contributed by atoms with van der Waals surface area (Å²) in [6.07, 6.45) is 11.0. The molecule has 2 saturated carbocycles. The van der Waals surface area contributed by atoms with Crippen LogP contribution in [0.1, 0.15) is 33.1 Å². The first-order valence-corrected chi connectivity index (χ1v) is 6.72. The first-order chi connectivity index (χ1) is 7.66. The van der Waals surface area contributed by atoms with E-state index in [4.69, 9.17) is 0 Å². The smallest absolute Gasteiger partial charge is 0.0572 e. The molecule has 3 rings (SSSR count). The molecule has 0 spiro atoms. The van der Waals surface area contributed by atoms with Crippen LogP contribution in [0, 0.1) is 29.6 Å². The Morgan fingerprint density at radius 2 is 2.25 bits per heavy atom. The largest absolute Gasteiger partial charge is 0.393 e. The van der Waals surface area contributed by atoms with Crippen molar-refractivity contribution in [1.29, 1.82) is 0 Å². The number of hydrogen-bond acceptors (Lipinski definition) is 1. The Morgan fingerprint density at radius 1 is 1.44 bits per heavy atom. The fraction of sp³-hybridized carbons (Fsp3) is 0.733. The monoisotopic (exact) mass is 218 g/mol. The summed E-state index contributed by atoms with van der Waals surface area (Å²) >= 11 is 0. The standard InChI is InChI=1S/C15H22O/c1-9(10(2)16)6-11-7-12-8-15(11)14-5-3-4-13(12)14/h3,5-6,9-10,12-16H,4,7-8H2,1-2H3/b11-6+/t9-,10-,12+,13-,14-,15+/m1/s1. The van der Waals surface area contributed by atoms with Crippen LogP contribution in [0.25, 0.3) is 0 Å². The molecule has 0 radical (unpaired) electrons. The van der Waals surface area contributed by atoms with Crippen LogP contribution in [0.4, 0.5) is 0 Å². The van der Waals surface area contributed by atoms with E-state index in [0.717, 1.165) is 23.7 Å². The summed E-state index contributed by atoms with van der Waals surface area (Å²) in [5, 5.41) is 9.58. The molecule has 6 atom stereocenters. The van der Waals surface area contributed by atoms with Gasteiger partial charge in [-0.25, -0.2) is 0 Å². The Balaban J connectivity index is 1.79. The molecule has 2 fully saturated rings. The van der Waals surface area contributed by atoms with Crippen molar-refractivity contribution in [1.82, 2.24) is 0 Å². The lowest BCUT2D eigenvalue weighted by atomic mass is 9.78. The van der Waals surface area contributed by atoms with Gasteiger partial charge in [0.1, 0.15) is 0 Å². The zero-order valence-corrected chi connectivity index (χ0v) is 10.3. The van der Waals surface area contributed by atoms with Crippen molar-refractivity contribution >= 4 is 0 Å². The molecule has 0 unspecified atom stereocenters. The Labute approximate surface area is 98.2 Å². The third-order valence-corrected chi connectivity index (χ3v) is 5.10. The fourth-order valence-corrected chi connectivity index (χ4v) is 4.05. The van der Waals surface area contributed by atoms with Gasteiger partial charge >= 0.3 is 0 Å². The molecular weight excluding hydrogens is 196 g/mol. The lowest BCUT2D eigenvalue weighted by molar-refractivity contribution is 0.156. The minimum atomic E-state index is -0.207. The van der Waals surface area contributed by atoms with E-state index in [2.05, 4.69) is 25.2 Å². The van der Waals surface area contributed by atoms with Crippen LogP contribution < -0.4 is 0 Å². The van der Waals surface area contributed by atoms with Crippen LogP contribution in [0.2, 0.25) is 0 Å². The fourth-order valence-electron chi connectivity index (χ4n) is 4.05. The molecule has 0 aromatic carbocycles. The number of aliphatic hydroxyl groups excluding tert-OH is 1. The van der Waals surface area contributed by atoms with E-state index in [1.165, 1.54) is 19.3 Å². The van der Waals surface area contributed by atoms with Gasteiger partial charge in [-0.1, -0.05) is 30.7 Å². The van der Waals surface area contributed by atoms with E-state index in [1.807, 2.05) is 6.92 Å². The zero-order chi connectivity index (χ0) is 11.3. The van der Waals surface area contributed by atoms with Crippen molar-refractivity contribution in [3.05, 3.63) is 23.8 Å². The Hall–Kier alpha value is -0.560. The number of rotatable bonds is 2. The minimum Gasteiger partial charge on any atom is -0.393 e. The van der Waals surface area contributed by atoms with E-state index in [0.29, 0.717) is 5.92 Å². The van der Waals surface area contributed by atoms with Gasteiger partial charge in [0.15, 0.2) is 0 Å². The molecule has 1 heteroatoms. The molecule has 2 bridgehead atoms. The van der Waals surface area contributed by atoms with Gasteiger partial charge in [-0.2, -0.15) is 0 Å². The molecule has 0 heterocycles. The van der Waals surface area contributed by atoms with Gasteiger partial charge in [-0.05, 0) is 55.8 Å². The minimum absolute atomic E-state index is 0.207. The topological polar surface area (TPSA) is 20.2 Å². The SMILES string of the molecule is C[C@H](/C=C1\C[C@H]2C[C@@H]1[C@@H]1C=CC[C@H]21)[C@@H](C)O. The second-order valence-electron chi connectivity index (χ2n) is 6.05. The van der Waals surface area contributed by atoms with Crippen LogP contribution in [0.5, 0.6) is 0 Å². The zero-order valence-electron chi connectivity index (χ0n) is 10.3. The Bertz CT molecular complexity index is 339. The molecule has 1 nitrogen and oxygen atoms in total. The summed E-state index contributed by atoms with van der Waals surface area (Å²) in [7, 11) is 0. The maximum atomic E-state index is 9.58. The highest BCUT2D eigenvalue weighted by Crippen LogP contribution is 2.58. The molecule has 16 heavy (non-hydrogen) atoms. The summed E-state index contributed by atoms with van der Waals surface area (Å²) in [5.74, 6) is 3.88. The third kappa shape index (κ3) is 1.48. The molecule has 0 amide bonds. The normalized spacial score (nSPS) is 46.3. The van der Waals surface area contributed by atoms with Gasteiger partial charge in [-0.15, -0.1) is 0 Å². The highest BCUT2D eigenvalue weighted by atomic mass is 16.3. The van der Waals surface area contributed by atoms with E-state index < -0.39 is 0 Å². The highest BCUT2D eigenvalue weighted by Gasteiger charge is 2.49. The second-order valence-corrected chi connectivity index (χ2v) is 6.05. The number of aliphatic hydroxyl groups is 1. The van der Waals surface area contributed by atoms with E-state index in [9.17, 15) is 5.11 Å². The van der Waals surface area contributed by atoms with Gasteiger partial charge in [0, 0.05) is 0 Å². The number of allylic oxidation sites excluding steroid dienone is 3. The van der Waals surface area contributed by atoms with Crippen molar-refractivity contribution in [3.8, 4) is 0 Å². The molecule has 88 valence electrons. The van der Waals surface area contributed by atoms with E-state index >= 15 is 0 Å². The number of fused-ring (bicyclic) bond motifs is 5. The summed E-state index contributed by atoms with van der Waals surface area (Å²) in [5.41, 5.74) is 1.64. The number of hydrogen-bond donors (Lipinski definition) is 1. The lowest BCUT2D eigenvalue weighted by Gasteiger charge is -2.27. The maximum absolute atomic E-state index is 9.58. The summed E-state index contributed by atoms with van der Waals surface area (Å²) in [6, 6.07) is 0. The van der Waals surface area contributed by atoms with Crippen molar-refractivity contribution in [3.63, 3.8) is 0 Å². The van der Waals surface area contributed by atoms with E-state index in [-0.39, 0.29) is 6.10 Å². The predicted molar refractivity (Wildman–Crippen MR) is 65.9 cm³/mol. The van der Waals surface area contributed by atoms with Crippen LogP contribution in [0.3, 0.4) is 0 Å². The van der Waals surface area contributed by atoms with Gasteiger partial charge < -0.3 is 5.11 Å². The first-order valence-electron chi connectivity index (χ1n) is 6.72. The van der Waals surface area contributed by atoms with Gasteiger partial charge in [0.05, 0.1) is 6.10 Å². The van der Waals surface area contributed by atoms with Crippen LogP contribution >= 0.6 is 0 Å². The molecular formula is C15H22O. The van der Waals surface area contributed by atoms with Crippen molar-refractivity contribution in [2.75, 3.05) is 0 Å². The summed E-state index contributed by atoms with van der Waals surface area (Å²) < 4.78 is 0. The lowest BCUT2D eigenvalue weighted by Crippen LogP contribution is -2.20. The summed E-state index contributed by atoms with van der Waals surface area (Å²) in [6.45, 7) is 4.03.